The normalized spacial score (nSPS) is 24.8. The van der Waals surface area contributed by atoms with Crippen molar-refractivity contribution in [3.8, 4) is 5.75 Å². The fourth-order valence-corrected chi connectivity index (χ4v) is 3.25. The summed E-state index contributed by atoms with van der Waals surface area (Å²) < 4.78 is 5.26. The third-order valence-electron chi connectivity index (χ3n) is 4.51. The van der Waals surface area contributed by atoms with Gasteiger partial charge in [0.05, 0.1) is 18.6 Å². The molecule has 4 nitrogen and oxygen atoms in total. The third-order valence-corrected chi connectivity index (χ3v) is 4.51. The van der Waals surface area contributed by atoms with Crippen LogP contribution in [0.1, 0.15) is 42.1 Å². The van der Waals surface area contributed by atoms with E-state index in [1.807, 2.05) is 19.9 Å². The summed E-state index contributed by atoms with van der Waals surface area (Å²) >= 11 is 0. The van der Waals surface area contributed by atoms with Gasteiger partial charge in [0.1, 0.15) is 5.75 Å². The van der Waals surface area contributed by atoms with Gasteiger partial charge >= 0.3 is 5.97 Å². The van der Waals surface area contributed by atoms with Gasteiger partial charge in [-0.2, -0.15) is 0 Å². The van der Waals surface area contributed by atoms with Gasteiger partial charge in [-0.25, -0.2) is 0 Å². The summed E-state index contributed by atoms with van der Waals surface area (Å²) in [5.74, 6) is -1.14. The molecule has 0 heterocycles. The number of methoxy groups -OCH3 is 1. The lowest BCUT2D eigenvalue weighted by molar-refractivity contribution is -0.142. The highest BCUT2D eigenvalue weighted by atomic mass is 16.5. The van der Waals surface area contributed by atoms with E-state index in [-0.39, 0.29) is 5.78 Å². The molecule has 1 aliphatic carbocycles. The van der Waals surface area contributed by atoms with Gasteiger partial charge in [0.2, 0.25) is 0 Å². The monoisotopic (exact) mass is 290 g/mol. The molecular weight excluding hydrogens is 268 g/mol. The van der Waals surface area contributed by atoms with Gasteiger partial charge < -0.3 is 9.84 Å². The lowest BCUT2D eigenvalue weighted by Gasteiger charge is -2.16. The molecule has 4 heteroatoms. The zero-order valence-corrected chi connectivity index (χ0v) is 12.8. The van der Waals surface area contributed by atoms with Gasteiger partial charge in [0.25, 0.3) is 0 Å². The predicted molar refractivity (Wildman–Crippen MR) is 79.7 cm³/mol. The summed E-state index contributed by atoms with van der Waals surface area (Å²) in [5, 5.41) is 9.39. The van der Waals surface area contributed by atoms with Crippen LogP contribution in [0.5, 0.6) is 5.75 Å². The van der Waals surface area contributed by atoms with Gasteiger partial charge in [-0.1, -0.05) is 25.0 Å². The smallest absolute Gasteiger partial charge is 0.307 e. The Morgan fingerprint density at radius 2 is 1.95 bits per heavy atom. The Kier molecular flexibility index (Phi) is 4.66. The molecule has 1 saturated carbocycles. The van der Waals surface area contributed by atoms with Crippen LogP contribution >= 0.6 is 0 Å². The van der Waals surface area contributed by atoms with Gasteiger partial charge in [0, 0.05) is 5.92 Å². The number of carbonyl (C=O) groups is 2. The first-order chi connectivity index (χ1) is 9.97. The molecule has 114 valence electrons. The Labute approximate surface area is 125 Å². The molecule has 3 atom stereocenters. The largest absolute Gasteiger partial charge is 0.496 e. The van der Waals surface area contributed by atoms with Crippen LogP contribution in [0.15, 0.2) is 18.2 Å². The number of ether oxygens (including phenoxy) is 1. The summed E-state index contributed by atoms with van der Waals surface area (Å²) in [5.41, 5.74) is 1.47. The SMILES string of the molecule is CCC1CC(C(=O)O)C(C(=O)c2cc(C)ccc2OC)C1. The maximum Gasteiger partial charge on any atom is 0.307 e. The fraction of sp³-hybridized carbons (Fsp3) is 0.529. The Hall–Kier alpha value is -1.84. The van der Waals surface area contributed by atoms with Crippen LogP contribution in [0, 0.1) is 24.7 Å². The van der Waals surface area contributed by atoms with E-state index in [0.717, 1.165) is 12.0 Å². The van der Waals surface area contributed by atoms with E-state index in [2.05, 4.69) is 0 Å². The van der Waals surface area contributed by atoms with Crippen LogP contribution in [0.2, 0.25) is 0 Å². The van der Waals surface area contributed by atoms with E-state index in [9.17, 15) is 14.7 Å². The van der Waals surface area contributed by atoms with Crippen molar-refractivity contribution >= 4 is 11.8 Å². The minimum absolute atomic E-state index is 0.0982. The van der Waals surface area contributed by atoms with Gasteiger partial charge in [0.15, 0.2) is 5.78 Å². The molecular formula is C17H22O4. The number of Topliss-reactive ketones (excluding diaryl/α,β-unsaturated/α-hetero) is 1. The number of benzene rings is 1. The highest BCUT2D eigenvalue weighted by Gasteiger charge is 2.42. The molecule has 0 aliphatic heterocycles. The van der Waals surface area contributed by atoms with Gasteiger partial charge in [-0.15, -0.1) is 0 Å². The highest BCUT2D eigenvalue weighted by Crippen LogP contribution is 2.41. The topological polar surface area (TPSA) is 63.6 Å². The number of carboxylic acids is 1. The second kappa shape index (κ2) is 6.29. The van der Waals surface area contributed by atoms with E-state index in [4.69, 9.17) is 4.74 Å². The average molecular weight is 290 g/mol. The lowest BCUT2D eigenvalue weighted by atomic mass is 9.87. The van der Waals surface area contributed by atoms with Gasteiger partial charge in [-0.05, 0) is 37.8 Å². The van der Waals surface area contributed by atoms with Crippen LogP contribution < -0.4 is 4.74 Å². The summed E-state index contributed by atoms with van der Waals surface area (Å²) in [4.78, 5) is 24.3. The fourth-order valence-electron chi connectivity index (χ4n) is 3.25. The molecule has 21 heavy (non-hydrogen) atoms. The Bertz CT molecular complexity index is 550. The quantitative estimate of drug-likeness (QED) is 0.845. The predicted octanol–water partition coefficient (Wildman–Crippen LogP) is 3.32. The van der Waals surface area contributed by atoms with E-state index in [1.165, 1.54) is 7.11 Å². The molecule has 3 unspecified atom stereocenters. The minimum Gasteiger partial charge on any atom is -0.496 e. The number of ketones is 1. The summed E-state index contributed by atoms with van der Waals surface area (Å²) in [6.07, 6.45) is 2.16. The van der Waals surface area contributed by atoms with Crippen LogP contribution in [0.3, 0.4) is 0 Å². The maximum atomic E-state index is 12.8. The number of hydrogen-bond acceptors (Lipinski definition) is 3. The number of carboxylic acid groups (broad SMARTS) is 1. The summed E-state index contributed by atoms with van der Waals surface area (Å²) in [6.45, 7) is 3.96. The number of aliphatic carboxylic acids is 1. The van der Waals surface area contributed by atoms with Crippen LogP contribution in [0.4, 0.5) is 0 Å². The van der Waals surface area contributed by atoms with Crippen molar-refractivity contribution in [1.29, 1.82) is 0 Å². The van der Waals surface area contributed by atoms with Crippen molar-refractivity contribution in [3.05, 3.63) is 29.3 Å². The molecule has 0 aromatic heterocycles. The maximum absolute atomic E-state index is 12.8. The summed E-state index contributed by atoms with van der Waals surface area (Å²) in [6, 6.07) is 5.44. The average Bonchev–Trinajstić information content (AvgIpc) is 2.91. The lowest BCUT2D eigenvalue weighted by Crippen LogP contribution is -2.25. The zero-order chi connectivity index (χ0) is 15.6. The molecule has 0 bridgehead atoms. The van der Waals surface area contributed by atoms with E-state index >= 15 is 0 Å². The van der Waals surface area contributed by atoms with Crippen LogP contribution in [-0.4, -0.2) is 24.0 Å². The number of carbonyl (C=O) groups excluding carboxylic acids is 1. The third kappa shape index (κ3) is 3.09. The number of aryl methyl sites for hydroxylation is 1. The molecule has 2 rings (SSSR count). The molecule has 0 amide bonds. The van der Waals surface area contributed by atoms with Crippen molar-refractivity contribution in [2.75, 3.05) is 7.11 Å². The summed E-state index contributed by atoms with van der Waals surface area (Å²) in [7, 11) is 1.53. The first kappa shape index (κ1) is 15.5. The number of hydrogen-bond donors (Lipinski definition) is 1. The Morgan fingerprint density at radius 3 is 2.52 bits per heavy atom. The van der Waals surface area contributed by atoms with E-state index in [0.29, 0.717) is 30.1 Å². The second-order valence-corrected chi connectivity index (χ2v) is 5.86. The molecule has 1 aromatic rings. The van der Waals surface area contributed by atoms with Crippen molar-refractivity contribution in [2.45, 2.75) is 33.1 Å². The molecule has 0 radical (unpaired) electrons. The highest BCUT2D eigenvalue weighted by molar-refractivity contribution is 6.02. The molecule has 0 saturated heterocycles. The standard InChI is InChI=1S/C17H22O4/c1-4-11-8-12(13(9-11)17(19)20)16(18)14-7-10(2)5-6-15(14)21-3/h5-7,11-13H,4,8-9H2,1-3H3,(H,19,20). The number of rotatable bonds is 5. The zero-order valence-electron chi connectivity index (χ0n) is 12.8. The van der Waals surface area contributed by atoms with Crippen LogP contribution in [0.25, 0.3) is 0 Å². The van der Waals surface area contributed by atoms with Crippen molar-refractivity contribution in [2.24, 2.45) is 17.8 Å². The molecule has 1 N–H and O–H groups in total. The van der Waals surface area contributed by atoms with Crippen LogP contribution in [-0.2, 0) is 4.79 Å². The Morgan fingerprint density at radius 1 is 1.29 bits per heavy atom. The first-order valence-electron chi connectivity index (χ1n) is 7.39. The molecule has 0 spiro atoms. The molecule has 1 aliphatic rings. The van der Waals surface area contributed by atoms with Crippen molar-refractivity contribution < 1.29 is 19.4 Å². The van der Waals surface area contributed by atoms with Gasteiger partial charge in [-0.3, -0.25) is 9.59 Å². The first-order valence-corrected chi connectivity index (χ1v) is 7.39. The minimum atomic E-state index is -0.865. The second-order valence-electron chi connectivity index (χ2n) is 5.86. The van der Waals surface area contributed by atoms with Crippen molar-refractivity contribution in [1.82, 2.24) is 0 Å². The Balaban J connectivity index is 2.34. The van der Waals surface area contributed by atoms with E-state index in [1.54, 1.807) is 12.1 Å². The van der Waals surface area contributed by atoms with E-state index < -0.39 is 17.8 Å². The molecule has 1 aromatic carbocycles. The molecule has 1 fully saturated rings. The van der Waals surface area contributed by atoms with Crippen molar-refractivity contribution in [3.63, 3.8) is 0 Å².